The third-order valence-corrected chi connectivity index (χ3v) is 5.04. The molecule has 1 aromatic carbocycles. The molecular formula is C14H14N2O4S. The van der Waals surface area contributed by atoms with Gasteiger partial charge in [0, 0.05) is 31.0 Å². The number of carbonyl (C=O) groups is 1. The molecule has 0 atom stereocenters. The maximum absolute atomic E-state index is 12.2. The highest BCUT2D eigenvalue weighted by molar-refractivity contribution is 7.91. The minimum absolute atomic E-state index is 0.195. The minimum atomic E-state index is -3.09. The van der Waals surface area contributed by atoms with Crippen molar-refractivity contribution in [2.75, 3.05) is 19.3 Å². The number of aromatic nitrogens is 1. The Labute approximate surface area is 122 Å². The molecule has 0 saturated carbocycles. The van der Waals surface area contributed by atoms with Crippen LogP contribution in [0.3, 0.4) is 0 Å². The number of likely N-dealkylation sites (tertiary alicyclic amines) is 1. The van der Waals surface area contributed by atoms with Gasteiger partial charge in [-0.3, -0.25) is 4.79 Å². The molecule has 1 amide bonds. The Balaban J connectivity index is 1.72. The minimum Gasteiger partial charge on any atom is -0.355 e. The number of benzene rings is 1. The summed E-state index contributed by atoms with van der Waals surface area (Å²) in [4.78, 5) is 13.6. The Bertz CT molecular complexity index is 761. The van der Waals surface area contributed by atoms with E-state index in [4.69, 9.17) is 4.52 Å². The molecule has 3 rings (SSSR count). The molecule has 0 aliphatic carbocycles. The average molecular weight is 306 g/mol. The van der Waals surface area contributed by atoms with Gasteiger partial charge >= 0.3 is 0 Å². The van der Waals surface area contributed by atoms with E-state index >= 15 is 0 Å². The Kier molecular flexibility index (Phi) is 3.29. The first-order chi connectivity index (χ1) is 9.95. The maximum Gasteiger partial charge on any atom is 0.276 e. The van der Waals surface area contributed by atoms with Crippen molar-refractivity contribution in [1.82, 2.24) is 10.1 Å². The van der Waals surface area contributed by atoms with Gasteiger partial charge in [0.1, 0.15) is 0 Å². The summed E-state index contributed by atoms with van der Waals surface area (Å²) in [5.41, 5.74) is 1.03. The van der Waals surface area contributed by atoms with Gasteiger partial charge in [0.05, 0.1) is 5.25 Å². The highest BCUT2D eigenvalue weighted by atomic mass is 32.2. The second kappa shape index (κ2) is 5.00. The second-order valence-electron chi connectivity index (χ2n) is 5.10. The summed E-state index contributed by atoms with van der Waals surface area (Å²) < 4.78 is 27.8. The normalized spacial score (nSPS) is 15.8. The molecule has 6 nitrogen and oxygen atoms in total. The van der Waals surface area contributed by atoms with Gasteiger partial charge in [-0.15, -0.1) is 0 Å². The molecule has 110 valence electrons. The molecule has 21 heavy (non-hydrogen) atoms. The largest absolute Gasteiger partial charge is 0.355 e. The first-order valence-electron chi connectivity index (χ1n) is 6.45. The van der Waals surface area contributed by atoms with Crippen LogP contribution in [0.5, 0.6) is 0 Å². The molecule has 2 aromatic rings. The van der Waals surface area contributed by atoms with Crippen molar-refractivity contribution in [3.63, 3.8) is 0 Å². The molecule has 2 heterocycles. The number of sulfone groups is 1. The predicted molar refractivity (Wildman–Crippen MR) is 76.5 cm³/mol. The Morgan fingerprint density at radius 3 is 2.57 bits per heavy atom. The Morgan fingerprint density at radius 2 is 1.95 bits per heavy atom. The standard InChI is InChI=1S/C14H14N2O4S/c1-21(18,19)11-8-16(9-11)14(17)12-7-13(20-15-12)10-5-3-2-4-6-10/h2-7,11H,8-9H2,1H3. The van der Waals surface area contributed by atoms with Gasteiger partial charge in [-0.2, -0.15) is 0 Å². The Morgan fingerprint density at radius 1 is 1.29 bits per heavy atom. The third kappa shape index (κ3) is 2.69. The first-order valence-corrected chi connectivity index (χ1v) is 8.41. The summed E-state index contributed by atoms with van der Waals surface area (Å²) in [6.07, 6.45) is 1.18. The molecule has 1 fully saturated rings. The first kappa shape index (κ1) is 13.8. The van der Waals surface area contributed by atoms with Gasteiger partial charge in [0.2, 0.25) is 0 Å². The topological polar surface area (TPSA) is 80.5 Å². The van der Waals surface area contributed by atoms with Crippen molar-refractivity contribution in [2.24, 2.45) is 0 Å². The van der Waals surface area contributed by atoms with Crippen LogP contribution in [0.25, 0.3) is 11.3 Å². The fourth-order valence-corrected chi connectivity index (χ4v) is 3.05. The van der Waals surface area contributed by atoms with Gasteiger partial charge < -0.3 is 9.42 Å². The summed E-state index contributed by atoms with van der Waals surface area (Å²) in [5, 5.41) is 3.30. The van der Waals surface area contributed by atoms with E-state index in [2.05, 4.69) is 5.16 Å². The van der Waals surface area contributed by atoms with E-state index in [9.17, 15) is 13.2 Å². The van der Waals surface area contributed by atoms with E-state index in [-0.39, 0.29) is 24.7 Å². The monoisotopic (exact) mass is 306 g/mol. The van der Waals surface area contributed by atoms with Gasteiger partial charge in [-0.1, -0.05) is 35.5 Å². The van der Waals surface area contributed by atoms with Gasteiger partial charge in [0.25, 0.3) is 5.91 Å². The van der Waals surface area contributed by atoms with Crippen molar-refractivity contribution < 1.29 is 17.7 Å². The van der Waals surface area contributed by atoms with E-state index in [0.29, 0.717) is 5.76 Å². The summed E-state index contributed by atoms with van der Waals surface area (Å²) in [6, 6.07) is 10.9. The lowest BCUT2D eigenvalue weighted by Gasteiger charge is -2.37. The van der Waals surface area contributed by atoms with Gasteiger partial charge in [-0.05, 0) is 0 Å². The molecular weight excluding hydrogens is 292 g/mol. The fraction of sp³-hybridized carbons (Fsp3) is 0.286. The van der Waals surface area contributed by atoms with Crippen LogP contribution in [0.1, 0.15) is 10.5 Å². The van der Waals surface area contributed by atoms with Crippen LogP contribution in [-0.2, 0) is 9.84 Å². The molecule has 1 aliphatic rings. The van der Waals surface area contributed by atoms with Crippen LogP contribution in [0.4, 0.5) is 0 Å². The van der Waals surface area contributed by atoms with Crippen molar-refractivity contribution >= 4 is 15.7 Å². The second-order valence-corrected chi connectivity index (χ2v) is 7.43. The van der Waals surface area contributed by atoms with E-state index < -0.39 is 15.1 Å². The van der Waals surface area contributed by atoms with Crippen LogP contribution >= 0.6 is 0 Å². The number of hydrogen-bond acceptors (Lipinski definition) is 5. The van der Waals surface area contributed by atoms with Crippen LogP contribution in [-0.4, -0.2) is 49.0 Å². The zero-order chi connectivity index (χ0) is 15.0. The van der Waals surface area contributed by atoms with E-state index in [1.165, 1.54) is 11.2 Å². The number of nitrogens with zero attached hydrogens (tertiary/aromatic N) is 2. The van der Waals surface area contributed by atoms with E-state index in [0.717, 1.165) is 5.56 Å². The quantitative estimate of drug-likeness (QED) is 0.851. The van der Waals surface area contributed by atoms with Crippen LogP contribution in [0.15, 0.2) is 40.9 Å². The molecule has 1 aromatic heterocycles. The molecule has 0 N–H and O–H groups in total. The average Bonchev–Trinajstić information content (AvgIpc) is 2.85. The summed E-state index contributed by atoms with van der Waals surface area (Å²) in [6.45, 7) is 0.427. The zero-order valence-electron chi connectivity index (χ0n) is 11.4. The van der Waals surface area contributed by atoms with E-state index in [1.807, 2.05) is 30.3 Å². The van der Waals surface area contributed by atoms with Crippen molar-refractivity contribution in [3.05, 3.63) is 42.1 Å². The third-order valence-electron chi connectivity index (χ3n) is 3.53. The number of carbonyl (C=O) groups excluding carboxylic acids is 1. The lowest BCUT2D eigenvalue weighted by Crippen LogP contribution is -2.56. The van der Waals surface area contributed by atoms with Crippen molar-refractivity contribution in [2.45, 2.75) is 5.25 Å². The molecule has 0 radical (unpaired) electrons. The lowest BCUT2D eigenvalue weighted by atomic mass is 10.1. The molecule has 0 bridgehead atoms. The fourth-order valence-electron chi connectivity index (χ4n) is 2.15. The van der Waals surface area contributed by atoms with E-state index in [1.54, 1.807) is 6.07 Å². The summed E-state index contributed by atoms with van der Waals surface area (Å²) in [5.74, 6) is 0.208. The maximum atomic E-state index is 12.2. The van der Waals surface area contributed by atoms with Crippen LogP contribution < -0.4 is 0 Å². The SMILES string of the molecule is CS(=O)(=O)C1CN(C(=O)c2cc(-c3ccccc3)on2)C1. The van der Waals surface area contributed by atoms with Gasteiger partial charge in [-0.25, -0.2) is 8.42 Å². The van der Waals surface area contributed by atoms with Crippen LogP contribution in [0, 0.1) is 0 Å². The van der Waals surface area contributed by atoms with Gasteiger partial charge in [0.15, 0.2) is 21.3 Å². The number of amides is 1. The lowest BCUT2D eigenvalue weighted by molar-refractivity contribution is 0.0648. The molecule has 0 unspecified atom stereocenters. The molecule has 0 spiro atoms. The smallest absolute Gasteiger partial charge is 0.276 e. The van der Waals surface area contributed by atoms with Crippen LogP contribution in [0.2, 0.25) is 0 Å². The number of rotatable bonds is 3. The van der Waals surface area contributed by atoms with Crippen molar-refractivity contribution in [3.8, 4) is 11.3 Å². The highest BCUT2D eigenvalue weighted by Crippen LogP contribution is 2.23. The summed E-state index contributed by atoms with van der Waals surface area (Å²) >= 11 is 0. The predicted octanol–water partition coefficient (Wildman–Crippen LogP) is 1.21. The zero-order valence-corrected chi connectivity index (χ0v) is 12.2. The molecule has 7 heteroatoms. The Hall–Kier alpha value is -2.15. The van der Waals surface area contributed by atoms with Crippen molar-refractivity contribution in [1.29, 1.82) is 0 Å². The summed E-state index contributed by atoms with van der Waals surface area (Å²) in [7, 11) is -3.09. The highest BCUT2D eigenvalue weighted by Gasteiger charge is 2.38. The number of hydrogen-bond donors (Lipinski definition) is 0. The molecule has 1 aliphatic heterocycles. The molecule has 1 saturated heterocycles.